The largest absolute Gasteiger partial charge is 0.326 e. The molecule has 2 aromatic rings. The van der Waals surface area contributed by atoms with Crippen molar-refractivity contribution in [1.29, 1.82) is 0 Å². The molecule has 0 bridgehead atoms. The molecule has 3 rings (SSSR count). The quantitative estimate of drug-likeness (QED) is 0.812. The number of carbonyl (C=O) groups is 1. The van der Waals surface area contributed by atoms with Crippen LogP contribution in [0.15, 0.2) is 27.8 Å². The van der Waals surface area contributed by atoms with Gasteiger partial charge in [0, 0.05) is 12.8 Å². The highest BCUT2D eigenvalue weighted by Gasteiger charge is 2.20. The van der Waals surface area contributed by atoms with Gasteiger partial charge in [-0.15, -0.1) is 0 Å². The molecule has 1 aliphatic rings. The number of aromatic nitrogens is 2. The molecule has 2 N–H and O–H groups in total. The van der Waals surface area contributed by atoms with E-state index in [1.165, 1.54) is 0 Å². The fourth-order valence-corrected chi connectivity index (χ4v) is 2.71. The molecule has 0 radical (unpaired) electrons. The average Bonchev–Trinajstić information content (AvgIpc) is 2.38. The van der Waals surface area contributed by atoms with Gasteiger partial charge in [0.1, 0.15) is 5.78 Å². The van der Waals surface area contributed by atoms with Crippen LogP contribution in [0, 0.1) is 0 Å². The zero-order chi connectivity index (χ0) is 13.4. The molecule has 0 spiro atoms. The van der Waals surface area contributed by atoms with Crippen LogP contribution in [-0.2, 0) is 4.79 Å². The Balaban J connectivity index is 2.04. The maximum Gasteiger partial charge on any atom is 0.326 e. The molecular formula is C14H14N2O3. The predicted molar refractivity (Wildman–Crippen MR) is 71.4 cm³/mol. The zero-order valence-electron chi connectivity index (χ0n) is 10.4. The highest BCUT2D eigenvalue weighted by Crippen LogP contribution is 2.31. The first-order chi connectivity index (χ1) is 9.13. The van der Waals surface area contributed by atoms with Crippen LogP contribution in [0.4, 0.5) is 0 Å². The third-order valence-electron chi connectivity index (χ3n) is 3.78. The third-order valence-corrected chi connectivity index (χ3v) is 3.78. The second-order valence-electron chi connectivity index (χ2n) is 5.03. The number of ketones is 1. The number of hydrogen-bond acceptors (Lipinski definition) is 3. The van der Waals surface area contributed by atoms with E-state index in [1.54, 1.807) is 6.07 Å². The molecule has 5 nitrogen and oxygen atoms in total. The number of fused-ring (bicyclic) bond motifs is 1. The van der Waals surface area contributed by atoms with E-state index < -0.39 is 5.69 Å². The van der Waals surface area contributed by atoms with E-state index in [9.17, 15) is 14.4 Å². The standard InChI is InChI=1S/C14H14N2O3/c17-10-4-1-8(2-5-10)9-3-6-11-12(7-9)15-14(19)16-13(11)18/h3,6-8H,1-2,4-5H2,(H2,15,16,18,19). The second-order valence-corrected chi connectivity index (χ2v) is 5.03. The van der Waals surface area contributed by atoms with E-state index >= 15 is 0 Å². The summed E-state index contributed by atoms with van der Waals surface area (Å²) in [6, 6.07) is 5.50. The van der Waals surface area contributed by atoms with Crippen molar-refractivity contribution in [3.05, 3.63) is 44.6 Å². The minimum absolute atomic E-state index is 0.321. The zero-order valence-corrected chi connectivity index (χ0v) is 10.4. The number of benzene rings is 1. The summed E-state index contributed by atoms with van der Waals surface area (Å²) in [6.45, 7) is 0. The highest BCUT2D eigenvalue weighted by molar-refractivity contribution is 5.80. The first-order valence-corrected chi connectivity index (χ1v) is 6.41. The molecule has 0 aliphatic heterocycles. The summed E-state index contributed by atoms with van der Waals surface area (Å²) < 4.78 is 0. The Kier molecular flexibility index (Phi) is 2.81. The maximum atomic E-state index is 11.6. The lowest BCUT2D eigenvalue weighted by atomic mass is 9.83. The van der Waals surface area contributed by atoms with E-state index in [0.29, 0.717) is 35.4 Å². The van der Waals surface area contributed by atoms with Gasteiger partial charge in [-0.25, -0.2) is 4.79 Å². The summed E-state index contributed by atoms with van der Waals surface area (Å²) in [5.74, 6) is 0.659. The van der Waals surface area contributed by atoms with Crippen molar-refractivity contribution in [2.45, 2.75) is 31.6 Å². The number of H-pyrrole nitrogens is 2. The summed E-state index contributed by atoms with van der Waals surface area (Å²) in [6.07, 6.45) is 2.93. The van der Waals surface area contributed by atoms with E-state index in [0.717, 1.165) is 18.4 Å². The Morgan fingerprint density at radius 1 is 1.00 bits per heavy atom. The molecule has 0 atom stereocenters. The van der Waals surface area contributed by atoms with Crippen molar-refractivity contribution in [3.8, 4) is 0 Å². The predicted octanol–water partition coefficient (Wildman–Crippen LogP) is 1.44. The molecule has 5 heteroatoms. The van der Waals surface area contributed by atoms with Crippen LogP contribution >= 0.6 is 0 Å². The fourth-order valence-electron chi connectivity index (χ4n) is 2.71. The molecule has 98 valence electrons. The lowest BCUT2D eigenvalue weighted by Crippen LogP contribution is -2.22. The average molecular weight is 258 g/mol. The van der Waals surface area contributed by atoms with Crippen molar-refractivity contribution in [2.75, 3.05) is 0 Å². The molecule has 1 aromatic heterocycles. The molecule has 1 heterocycles. The number of rotatable bonds is 1. The Morgan fingerprint density at radius 3 is 2.47 bits per heavy atom. The van der Waals surface area contributed by atoms with Crippen molar-refractivity contribution in [1.82, 2.24) is 9.97 Å². The van der Waals surface area contributed by atoms with Gasteiger partial charge >= 0.3 is 5.69 Å². The van der Waals surface area contributed by atoms with Gasteiger partial charge in [0.05, 0.1) is 10.9 Å². The third kappa shape index (κ3) is 2.23. The summed E-state index contributed by atoms with van der Waals surface area (Å²) in [4.78, 5) is 39.0. The molecule has 1 fully saturated rings. The molecule has 1 aliphatic carbocycles. The van der Waals surface area contributed by atoms with Gasteiger partial charge in [-0.3, -0.25) is 14.6 Å². The van der Waals surface area contributed by atoms with Crippen molar-refractivity contribution in [3.63, 3.8) is 0 Å². The Labute approximate surface area is 108 Å². The Bertz CT molecular complexity index is 747. The van der Waals surface area contributed by atoms with Gasteiger partial charge in [-0.2, -0.15) is 0 Å². The first-order valence-electron chi connectivity index (χ1n) is 6.41. The van der Waals surface area contributed by atoms with E-state index in [1.807, 2.05) is 12.1 Å². The van der Waals surface area contributed by atoms with Gasteiger partial charge in [0.2, 0.25) is 0 Å². The normalized spacial score (nSPS) is 16.9. The monoisotopic (exact) mass is 258 g/mol. The van der Waals surface area contributed by atoms with Gasteiger partial charge in [0.15, 0.2) is 0 Å². The lowest BCUT2D eigenvalue weighted by Gasteiger charge is -2.21. The van der Waals surface area contributed by atoms with Crippen molar-refractivity contribution < 1.29 is 4.79 Å². The van der Waals surface area contributed by atoms with Crippen LogP contribution in [0.1, 0.15) is 37.2 Å². The Morgan fingerprint density at radius 2 is 1.74 bits per heavy atom. The lowest BCUT2D eigenvalue weighted by molar-refractivity contribution is -0.120. The van der Waals surface area contributed by atoms with Crippen LogP contribution in [0.3, 0.4) is 0 Å². The number of carbonyl (C=O) groups excluding carboxylic acids is 1. The van der Waals surface area contributed by atoms with E-state index in [2.05, 4.69) is 9.97 Å². The molecule has 0 saturated heterocycles. The topological polar surface area (TPSA) is 82.8 Å². The molecule has 1 saturated carbocycles. The van der Waals surface area contributed by atoms with Crippen molar-refractivity contribution in [2.24, 2.45) is 0 Å². The van der Waals surface area contributed by atoms with Gasteiger partial charge in [0.25, 0.3) is 5.56 Å². The SMILES string of the molecule is O=C1CCC(c2ccc3c(=O)[nH]c(=O)[nH]c3c2)CC1. The van der Waals surface area contributed by atoms with Crippen LogP contribution in [0.25, 0.3) is 10.9 Å². The van der Waals surface area contributed by atoms with Crippen molar-refractivity contribution >= 4 is 16.7 Å². The van der Waals surface area contributed by atoms with Crippen LogP contribution in [0.5, 0.6) is 0 Å². The van der Waals surface area contributed by atoms with Gasteiger partial charge in [-0.1, -0.05) is 6.07 Å². The summed E-state index contributed by atoms with van der Waals surface area (Å²) >= 11 is 0. The Hall–Kier alpha value is -2.17. The smallest absolute Gasteiger partial charge is 0.307 e. The number of aromatic amines is 2. The maximum absolute atomic E-state index is 11.6. The first kappa shape index (κ1) is 11.9. The number of Topliss-reactive ketones (excluding diaryl/α,β-unsaturated/α-hetero) is 1. The fraction of sp³-hybridized carbons (Fsp3) is 0.357. The van der Waals surface area contributed by atoms with Gasteiger partial charge < -0.3 is 4.98 Å². The highest BCUT2D eigenvalue weighted by atomic mass is 16.2. The minimum Gasteiger partial charge on any atom is -0.307 e. The molecule has 1 aromatic carbocycles. The van der Waals surface area contributed by atoms with E-state index in [-0.39, 0.29) is 5.56 Å². The molecule has 19 heavy (non-hydrogen) atoms. The number of nitrogens with one attached hydrogen (secondary N) is 2. The van der Waals surface area contributed by atoms with E-state index in [4.69, 9.17) is 0 Å². The second kappa shape index (κ2) is 4.50. The summed E-state index contributed by atoms with van der Waals surface area (Å²) in [5.41, 5.74) is 0.780. The van der Waals surface area contributed by atoms with Crippen LogP contribution < -0.4 is 11.2 Å². The van der Waals surface area contributed by atoms with Crippen LogP contribution in [-0.4, -0.2) is 15.8 Å². The summed E-state index contributed by atoms with van der Waals surface area (Å²) in [7, 11) is 0. The molecule has 0 unspecified atom stereocenters. The minimum atomic E-state index is -0.492. The summed E-state index contributed by atoms with van der Waals surface area (Å²) in [5, 5.41) is 0.482. The molecular weight excluding hydrogens is 244 g/mol. The molecule has 0 amide bonds. The van der Waals surface area contributed by atoms with Crippen LogP contribution in [0.2, 0.25) is 0 Å². The number of hydrogen-bond donors (Lipinski definition) is 2. The van der Waals surface area contributed by atoms with Gasteiger partial charge in [-0.05, 0) is 36.5 Å².